The van der Waals surface area contributed by atoms with E-state index < -0.39 is 0 Å². The molecule has 20 heavy (non-hydrogen) atoms. The van der Waals surface area contributed by atoms with Crippen LogP contribution in [0, 0.1) is 0 Å². The molecular weight excluding hydrogens is 250 g/mol. The molecule has 1 aliphatic rings. The van der Waals surface area contributed by atoms with Gasteiger partial charge in [-0.15, -0.1) is 0 Å². The number of hydrogen-bond acceptors (Lipinski definition) is 4. The van der Waals surface area contributed by atoms with Gasteiger partial charge in [0.25, 0.3) is 0 Å². The fourth-order valence-electron chi connectivity index (χ4n) is 2.56. The van der Waals surface area contributed by atoms with Gasteiger partial charge in [-0.25, -0.2) is 0 Å². The van der Waals surface area contributed by atoms with Crippen LogP contribution >= 0.6 is 0 Å². The van der Waals surface area contributed by atoms with Crippen LogP contribution in [0.5, 0.6) is 0 Å². The second-order valence-corrected chi connectivity index (χ2v) is 4.80. The molecule has 3 rings (SSSR count). The van der Waals surface area contributed by atoms with E-state index in [4.69, 9.17) is 10.6 Å². The SMILES string of the molecule is NCCC1ON=C(c2ccccn2)C1c1ccccc1. The number of benzene rings is 1. The van der Waals surface area contributed by atoms with Crippen molar-refractivity contribution >= 4 is 5.71 Å². The lowest BCUT2D eigenvalue weighted by atomic mass is 9.86. The molecule has 1 aromatic carbocycles. The Kier molecular flexibility index (Phi) is 3.74. The second-order valence-electron chi connectivity index (χ2n) is 4.80. The molecule has 2 heterocycles. The third kappa shape index (κ3) is 2.42. The van der Waals surface area contributed by atoms with Crippen molar-refractivity contribution in [1.82, 2.24) is 4.98 Å². The summed E-state index contributed by atoms with van der Waals surface area (Å²) in [6, 6.07) is 16.1. The van der Waals surface area contributed by atoms with Gasteiger partial charge in [0.05, 0.1) is 11.6 Å². The second kappa shape index (κ2) is 5.84. The molecule has 0 spiro atoms. The van der Waals surface area contributed by atoms with E-state index >= 15 is 0 Å². The predicted molar refractivity (Wildman–Crippen MR) is 78.5 cm³/mol. The molecule has 102 valence electrons. The summed E-state index contributed by atoms with van der Waals surface area (Å²) >= 11 is 0. The lowest BCUT2D eigenvalue weighted by Crippen LogP contribution is -2.25. The first-order valence-corrected chi connectivity index (χ1v) is 6.80. The Labute approximate surface area is 118 Å². The minimum atomic E-state index is -0.0144. The van der Waals surface area contributed by atoms with Crippen LogP contribution in [0.2, 0.25) is 0 Å². The number of pyridine rings is 1. The molecular formula is C16H17N3O. The van der Waals surface area contributed by atoms with Crippen molar-refractivity contribution in [3.05, 3.63) is 66.0 Å². The van der Waals surface area contributed by atoms with Crippen LogP contribution in [0.25, 0.3) is 0 Å². The highest BCUT2D eigenvalue weighted by molar-refractivity contribution is 6.04. The summed E-state index contributed by atoms with van der Waals surface area (Å²) in [7, 11) is 0. The summed E-state index contributed by atoms with van der Waals surface area (Å²) in [5.74, 6) is 0.0923. The van der Waals surface area contributed by atoms with E-state index in [2.05, 4.69) is 22.3 Å². The zero-order valence-electron chi connectivity index (χ0n) is 11.1. The Morgan fingerprint density at radius 3 is 2.55 bits per heavy atom. The van der Waals surface area contributed by atoms with Crippen LogP contribution in [0.1, 0.15) is 23.6 Å². The average Bonchev–Trinajstić information content (AvgIpc) is 2.93. The first kappa shape index (κ1) is 12.8. The third-order valence-corrected chi connectivity index (χ3v) is 3.49. The minimum Gasteiger partial charge on any atom is -0.391 e. The van der Waals surface area contributed by atoms with Crippen molar-refractivity contribution < 1.29 is 4.84 Å². The fraction of sp³-hybridized carbons (Fsp3) is 0.250. The Hall–Kier alpha value is -2.20. The Morgan fingerprint density at radius 1 is 1.05 bits per heavy atom. The number of nitrogens with two attached hydrogens (primary N) is 1. The van der Waals surface area contributed by atoms with Crippen LogP contribution in [-0.4, -0.2) is 23.3 Å². The number of aromatic nitrogens is 1. The Balaban J connectivity index is 1.97. The smallest absolute Gasteiger partial charge is 0.141 e. The Morgan fingerprint density at radius 2 is 1.85 bits per heavy atom. The summed E-state index contributed by atoms with van der Waals surface area (Å²) in [4.78, 5) is 9.98. The lowest BCUT2D eigenvalue weighted by Gasteiger charge is -2.18. The topological polar surface area (TPSA) is 60.5 Å². The zero-order chi connectivity index (χ0) is 13.8. The highest BCUT2D eigenvalue weighted by atomic mass is 16.6. The van der Waals surface area contributed by atoms with Crippen LogP contribution in [0.15, 0.2) is 59.9 Å². The molecule has 2 N–H and O–H groups in total. The van der Waals surface area contributed by atoms with E-state index in [9.17, 15) is 0 Å². The molecule has 1 aromatic heterocycles. The molecule has 4 nitrogen and oxygen atoms in total. The number of hydrogen-bond donors (Lipinski definition) is 1. The van der Waals surface area contributed by atoms with Gasteiger partial charge in [-0.05, 0) is 24.2 Å². The highest BCUT2D eigenvalue weighted by Crippen LogP contribution is 2.33. The average molecular weight is 267 g/mol. The summed E-state index contributed by atoms with van der Waals surface area (Å²) < 4.78 is 0. The third-order valence-electron chi connectivity index (χ3n) is 3.49. The molecule has 1 aliphatic heterocycles. The van der Waals surface area contributed by atoms with E-state index in [1.54, 1.807) is 6.20 Å². The number of nitrogens with zero attached hydrogens (tertiary/aromatic N) is 2. The summed E-state index contributed by atoms with van der Waals surface area (Å²) in [5.41, 5.74) is 8.62. The van der Waals surface area contributed by atoms with Gasteiger partial charge in [-0.2, -0.15) is 0 Å². The van der Waals surface area contributed by atoms with Gasteiger partial charge in [-0.3, -0.25) is 4.98 Å². The normalized spacial score (nSPS) is 21.4. The van der Waals surface area contributed by atoms with E-state index in [0.717, 1.165) is 17.8 Å². The first-order valence-electron chi connectivity index (χ1n) is 6.80. The molecule has 2 atom stereocenters. The largest absolute Gasteiger partial charge is 0.391 e. The maximum Gasteiger partial charge on any atom is 0.141 e. The monoisotopic (exact) mass is 267 g/mol. The maximum absolute atomic E-state index is 5.69. The van der Waals surface area contributed by atoms with Gasteiger partial charge >= 0.3 is 0 Å². The van der Waals surface area contributed by atoms with Crippen molar-refractivity contribution in [2.75, 3.05) is 6.54 Å². The van der Waals surface area contributed by atoms with Gasteiger partial charge in [-0.1, -0.05) is 41.6 Å². The molecule has 0 amide bonds. The van der Waals surface area contributed by atoms with Crippen LogP contribution in [0.3, 0.4) is 0 Å². The standard InChI is InChI=1S/C16H17N3O/c17-10-9-14-15(12-6-2-1-3-7-12)16(19-20-14)13-8-4-5-11-18-13/h1-8,11,14-15H,9-10,17H2. The molecule has 4 heteroatoms. The molecule has 0 radical (unpaired) electrons. The van der Waals surface area contributed by atoms with Crippen molar-refractivity contribution in [3.8, 4) is 0 Å². The van der Waals surface area contributed by atoms with Gasteiger partial charge in [0.2, 0.25) is 0 Å². The van der Waals surface area contributed by atoms with Crippen molar-refractivity contribution in [2.24, 2.45) is 10.9 Å². The molecule has 2 unspecified atom stereocenters. The van der Waals surface area contributed by atoms with Crippen LogP contribution < -0.4 is 5.73 Å². The van der Waals surface area contributed by atoms with Gasteiger partial charge in [0, 0.05) is 12.6 Å². The van der Waals surface area contributed by atoms with Crippen molar-refractivity contribution in [2.45, 2.75) is 18.4 Å². The van der Waals surface area contributed by atoms with E-state index in [-0.39, 0.29) is 12.0 Å². The molecule has 0 bridgehead atoms. The van der Waals surface area contributed by atoms with Gasteiger partial charge in [0.15, 0.2) is 0 Å². The van der Waals surface area contributed by atoms with Gasteiger partial charge in [0.1, 0.15) is 11.8 Å². The van der Waals surface area contributed by atoms with Crippen LogP contribution in [-0.2, 0) is 4.84 Å². The van der Waals surface area contributed by atoms with E-state index in [1.165, 1.54) is 5.56 Å². The molecule has 0 saturated heterocycles. The Bertz CT molecular complexity index is 583. The van der Waals surface area contributed by atoms with Crippen molar-refractivity contribution in [3.63, 3.8) is 0 Å². The molecule has 2 aromatic rings. The van der Waals surface area contributed by atoms with Gasteiger partial charge < -0.3 is 10.6 Å². The van der Waals surface area contributed by atoms with Crippen LogP contribution in [0.4, 0.5) is 0 Å². The number of rotatable bonds is 4. The van der Waals surface area contributed by atoms with Crippen molar-refractivity contribution in [1.29, 1.82) is 0 Å². The minimum absolute atomic E-state index is 0.0144. The van der Waals surface area contributed by atoms with E-state index in [1.807, 2.05) is 36.4 Å². The molecule has 0 fully saturated rings. The summed E-state index contributed by atoms with van der Waals surface area (Å²) in [6.07, 6.45) is 2.54. The summed E-state index contributed by atoms with van der Waals surface area (Å²) in [6.45, 7) is 0.582. The van der Waals surface area contributed by atoms with E-state index in [0.29, 0.717) is 6.54 Å². The zero-order valence-corrected chi connectivity index (χ0v) is 11.1. The molecule has 0 aliphatic carbocycles. The number of oxime groups is 1. The maximum atomic E-state index is 5.69. The predicted octanol–water partition coefficient (Wildman–Crippen LogP) is 2.32. The fourth-order valence-corrected chi connectivity index (χ4v) is 2.56. The quantitative estimate of drug-likeness (QED) is 0.924. The lowest BCUT2D eigenvalue weighted by molar-refractivity contribution is 0.0718. The molecule has 0 saturated carbocycles. The first-order chi connectivity index (χ1) is 9.90. The summed E-state index contributed by atoms with van der Waals surface area (Å²) in [5, 5.41) is 4.26. The highest BCUT2D eigenvalue weighted by Gasteiger charge is 2.36.